The molecule has 2 aromatic carbocycles. The fraction of sp³-hybridized carbons (Fsp3) is 0.286. The molecular formula is C28H31N7O4. The number of benzene rings is 2. The highest BCUT2D eigenvalue weighted by Crippen LogP contribution is 2.36. The summed E-state index contributed by atoms with van der Waals surface area (Å²) in [5.41, 5.74) is 9.40. The van der Waals surface area contributed by atoms with Crippen LogP contribution in [0.25, 0.3) is 5.57 Å². The molecule has 11 nitrogen and oxygen atoms in total. The molecule has 0 aliphatic carbocycles. The van der Waals surface area contributed by atoms with Gasteiger partial charge in [0.2, 0.25) is 0 Å². The van der Waals surface area contributed by atoms with Gasteiger partial charge in [-0.05, 0) is 24.1 Å². The number of hydrogen-bond donors (Lipinski definition) is 4. The first-order valence-corrected chi connectivity index (χ1v) is 12.8. The standard InChI is InChI=1S/C28H31N7O4/c29-20(13-19-5-2-1-3-6-19)16-34-9-11-35(12-10-34)27-25-23(28(38)33-26(25)31-18-32-27)15-30-21-7-4-8-22(14-21)39-17-24(36)37/h1-8,14-15,18,20,30H,9-13,16-17,29H2,(H,36,37)(H,31,32,33,38)/b23-15-/t20-/m1/s1. The van der Waals surface area contributed by atoms with Gasteiger partial charge in [0.1, 0.15) is 23.7 Å². The second kappa shape index (κ2) is 11.9. The van der Waals surface area contributed by atoms with Crippen LogP contribution in [0.5, 0.6) is 5.75 Å². The lowest BCUT2D eigenvalue weighted by Gasteiger charge is -2.37. The molecular weight excluding hydrogens is 498 g/mol. The van der Waals surface area contributed by atoms with E-state index in [1.54, 1.807) is 30.5 Å². The summed E-state index contributed by atoms with van der Waals surface area (Å²) in [5, 5.41) is 14.8. The van der Waals surface area contributed by atoms with Crippen molar-refractivity contribution in [1.29, 1.82) is 0 Å². The zero-order chi connectivity index (χ0) is 27.2. The summed E-state index contributed by atoms with van der Waals surface area (Å²) in [6.07, 6.45) is 3.92. The monoisotopic (exact) mass is 529 g/mol. The summed E-state index contributed by atoms with van der Waals surface area (Å²) >= 11 is 0. The molecule has 3 heterocycles. The zero-order valence-corrected chi connectivity index (χ0v) is 21.4. The van der Waals surface area contributed by atoms with Crippen LogP contribution in [-0.4, -0.2) is 77.2 Å². The fourth-order valence-corrected chi connectivity index (χ4v) is 4.82. The number of nitrogens with zero attached hydrogens (tertiary/aromatic N) is 4. The molecule has 39 heavy (non-hydrogen) atoms. The Labute approximate surface area is 226 Å². The molecule has 1 fully saturated rings. The molecule has 0 saturated carbocycles. The number of anilines is 3. The molecule has 1 saturated heterocycles. The van der Waals surface area contributed by atoms with Crippen LogP contribution in [0, 0.1) is 0 Å². The zero-order valence-electron chi connectivity index (χ0n) is 21.4. The Balaban J connectivity index is 1.25. The number of carboxylic acids is 1. The average molecular weight is 530 g/mol. The largest absolute Gasteiger partial charge is 0.482 e. The number of hydrogen-bond acceptors (Lipinski definition) is 9. The van der Waals surface area contributed by atoms with Gasteiger partial charge in [-0.1, -0.05) is 36.4 Å². The number of nitrogens with two attached hydrogens (primary N) is 1. The predicted molar refractivity (Wildman–Crippen MR) is 149 cm³/mol. The Morgan fingerprint density at radius 2 is 1.92 bits per heavy atom. The first kappa shape index (κ1) is 26.1. The summed E-state index contributed by atoms with van der Waals surface area (Å²) in [4.78, 5) is 37.0. The van der Waals surface area contributed by atoms with Crippen molar-refractivity contribution in [2.24, 2.45) is 5.73 Å². The van der Waals surface area contributed by atoms with Crippen molar-refractivity contribution in [3.05, 3.63) is 78.3 Å². The lowest BCUT2D eigenvalue weighted by molar-refractivity contribution is -0.139. The Morgan fingerprint density at radius 1 is 1.13 bits per heavy atom. The molecule has 0 radical (unpaired) electrons. The predicted octanol–water partition coefficient (Wildman–Crippen LogP) is 2.04. The highest BCUT2D eigenvalue weighted by atomic mass is 16.5. The number of carbonyl (C=O) groups excluding carboxylic acids is 1. The van der Waals surface area contributed by atoms with E-state index < -0.39 is 12.6 Å². The first-order chi connectivity index (χ1) is 19.0. The lowest BCUT2D eigenvalue weighted by Crippen LogP contribution is -2.50. The minimum atomic E-state index is -1.06. The molecule has 2 aliphatic rings. The van der Waals surface area contributed by atoms with Gasteiger partial charge in [-0.25, -0.2) is 14.8 Å². The van der Waals surface area contributed by atoms with E-state index in [9.17, 15) is 9.59 Å². The molecule has 3 aromatic rings. The van der Waals surface area contributed by atoms with E-state index in [-0.39, 0.29) is 11.9 Å². The Bertz CT molecular complexity index is 1360. The number of amides is 1. The molecule has 5 rings (SSSR count). The summed E-state index contributed by atoms with van der Waals surface area (Å²) in [6.45, 7) is 3.55. The van der Waals surface area contributed by atoms with Gasteiger partial charge in [0.15, 0.2) is 6.61 Å². The highest BCUT2D eigenvalue weighted by Gasteiger charge is 2.32. The van der Waals surface area contributed by atoms with Crippen LogP contribution in [0.4, 0.5) is 17.3 Å². The van der Waals surface area contributed by atoms with E-state index in [4.69, 9.17) is 15.6 Å². The second-order valence-corrected chi connectivity index (χ2v) is 9.53. The molecule has 2 aliphatic heterocycles. The molecule has 0 unspecified atom stereocenters. The van der Waals surface area contributed by atoms with Crippen LogP contribution in [0.3, 0.4) is 0 Å². The third kappa shape index (κ3) is 6.51. The van der Waals surface area contributed by atoms with Crippen LogP contribution in [0.2, 0.25) is 0 Å². The Morgan fingerprint density at radius 3 is 2.69 bits per heavy atom. The van der Waals surface area contributed by atoms with E-state index in [2.05, 4.69) is 42.5 Å². The SMILES string of the molecule is N[C@H](Cc1ccccc1)CN1CCN(c2ncnc3c2/C(=C/Nc2cccc(OCC(=O)O)c2)C(=O)N3)CC1. The average Bonchev–Trinajstić information content (AvgIpc) is 3.27. The molecule has 1 aromatic heterocycles. The second-order valence-electron chi connectivity index (χ2n) is 9.53. The number of aromatic nitrogens is 2. The van der Waals surface area contributed by atoms with E-state index >= 15 is 0 Å². The number of aliphatic carboxylic acids is 1. The van der Waals surface area contributed by atoms with Crippen molar-refractivity contribution in [2.75, 3.05) is 54.9 Å². The number of carbonyl (C=O) groups is 2. The van der Waals surface area contributed by atoms with Crippen molar-refractivity contribution < 1.29 is 19.4 Å². The van der Waals surface area contributed by atoms with Crippen molar-refractivity contribution in [3.8, 4) is 5.75 Å². The summed E-state index contributed by atoms with van der Waals surface area (Å²) in [6, 6.07) is 17.2. The Hall–Kier alpha value is -4.48. The molecule has 11 heteroatoms. The maximum Gasteiger partial charge on any atom is 0.341 e. The van der Waals surface area contributed by atoms with Crippen LogP contribution in [-0.2, 0) is 16.0 Å². The number of piperazine rings is 1. The van der Waals surface area contributed by atoms with E-state index in [0.717, 1.165) is 39.1 Å². The van der Waals surface area contributed by atoms with Gasteiger partial charge in [0.25, 0.3) is 5.91 Å². The molecule has 1 atom stereocenters. The smallest absolute Gasteiger partial charge is 0.341 e. The quantitative estimate of drug-likeness (QED) is 0.288. The first-order valence-electron chi connectivity index (χ1n) is 12.8. The minimum Gasteiger partial charge on any atom is -0.482 e. The third-order valence-electron chi connectivity index (χ3n) is 6.66. The molecule has 0 bridgehead atoms. The topological polar surface area (TPSA) is 146 Å². The number of nitrogens with one attached hydrogen (secondary N) is 2. The summed E-state index contributed by atoms with van der Waals surface area (Å²) in [7, 11) is 0. The molecule has 1 amide bonds. The van der Waals surface area contributed by atoms with Gasteiger partial charge in [0.05, 0.1) is 11.1 Å². The molecule has 202 valence electrons. The van der Waals surface area contributed by atoms with Crippen LogP contribution in [0.1, 0.15) is 11.1 Å². The maximum atomic E-state index is 12.8. The van der Waals surface area contributed by atoms with Crippen molar-refractivity contribution in [1.82, 2.24) is 14.9 Å². The van der Waals surface area contributed by atoms with E-state index in [1.165, 1.54) is 11.9 Å². The van der Waals surface area contributed by atoms with Crippen LogP contribution < -0.4 is 26.0 Å². The number of ether oxygens (including phenoxy) is 1. The number of carboxylic acid groups (broad SMARTS) is 1. The van der Waals surface area contributed by atoms with Crippen LogP contribution >= 0.6 is 0 Å². The molecule has 0 spiro atoms. The van der Waals surface area contributed by atoms with Crippen LogP contribution in [0.15, 0.2) is 67.1 Å². The van der Waals surface area contributed by atoms with Crippen molar-refractivity contribution in [3.63, 3.8) is 0 Å². The number of rotatable bonds is 10. The lowest BCUT2D eigenvalue weighted by atomic mass is 10.1. The van der Waals surface area contributed by atoms with Gasteiger partial charge in [-0.15, -0.1) is 0 Å². The van der Waals surface area contributed by atoms with Gasteiger partial charge >= 0.3 is 5.97 Å². The normalized spacial score (nSPS) is 17.0. The van der Waals surface area contributed by atoms with Gasteiger partial charge in [0, 0.05) is 56.7 Å². The van der Waals surface area contributed by atoms with Crippen molar-refractivity contribution in [2.45, 2.75) is 12.5 Å². The van der Waals surface area contributed by atoms with Gasteiger partial charge in [-0.3, -0.25) is 9.69 Å². The summed E-state index contributed by atoms with van der Waals surface area (Å²) < 4.78 is 5.24. The van der Waals surface area contributed by atoms with E-state index in [1.807, 2.05) is 18.2 Å². The van der Waals surface area contributed by atoms with Gasteiger partial charge < -0.3 is 31.1 Å². The maximum absolute atomic E-state index is 12.8. The van der Waals surface area contributed by atoms with E-state index in [0.29, 0.717) is 34.2 Å². The summed E-state index contributed by atoms with van der Waals surface area (Å²) in [5.74, 6) is 0.255. The van der Waals surface area contributed by atoms with Gasteiger partial charge in [-0.2, -0.15) is 0 Å². The fourth-order valence-electron chi connectivity index (χ4n) is 4.82. The van der Waals surface area contributed by atoms with Crippen molar-refractivity contribution >= 4 is 34.8 Å². The third-order valence-corrected chi connectivity index (χ3v) is 6.66. The molecule has 5 N–H and O–H groups in total. The highest BCUT2D eigenvalue weighted by molar-refractivity contribution is 6.32. The Kier molecular flexibility index (Phi) is 7.99. The minimum absolute atomic E-state index is 0.0534. The number of fused-ring (bicyclic) bond motifs is 1.